The molecule has 0 radical (unpaired) electrons. The molecule has 0 spiro atoms. The second-order valence-electron chi connectivity index (χ2n) is 4.53. The first-order valence-electron chi connectivity index (χ1n) is 6.37. The van der Waals surface area contributed by atoms with E-state index in [1.54, 1.807) is 24.3 Å². The number of carbonyl (C=O) groups is 1. The maximum absolute atomic E-state index is 12.4. The molecule has 0 fully saturated rings. The molecule has 0 atom stereocenters. The summed E-state index contributed by atoms with van der Waals surface area (Å²) in [6.07, 6.45) is 1.30. The van der Waals surface area contributed by atoms with Gasteiger partial charge in [-0.3, -0.25) is 9.59 Å². The van der Waals surface area contributed by atoms with Gasteiger partial charge in [0.2, 0.25) is 0 Å². The van der Waals surface area contributed by atoms with Gasteiger partial charge in [-0.1, -0.05) is 17.3 Å². The first-order valence-corrected chi connectivity index (χ1v) is 6.37. The fourth-order valence-electron chi connectivity index (χ4n) is 2.01. The molecule has 1 N–H and O–H groups in total. The largest absolute Gasteiger partial charge is 0.495 e. The predicted octanol–water partition coefficient (Wildman–Crippen LogP) is 1.18. The number of methoxy groups -OCH3 is 1. The second-order valence-corrected chi connectivity index (χ2v) is 4.53. The van der Waals surface area contributed by atoms with Crippen molar-refractivity contribution in [1.29, 1.82) is 0 Å². The Balaban J connectivity index is 2.03. The first kappa shape index (κ1) is 13.8. The minimum absolute atomic E-state index is 0.0216. The highest BCUT2D eigenvalue weighted by Crippen LogP contribution is 2.24. The van der Waals surface area contributed by atoms with Gasteiger partial charge in [-0.05, 0) is 12.1 Å². The highest BCUT2D eigenvalue weighted by molar-refractivity contribution is 6.10. The van der Waals surface area contributed by atoms with Crippen LogP contribution in [0.2, 0.25) is 0 Å². The Kier molecular flexibility index (Phi) is 3.34. The van der Waals surface area contributed by atoms with E-state index in [-0.39, 0.29) is 16.8 Å². The van der Waals surface area contributed by atoms with E-state index in [1.165, 1.54) is 25.1 Å². The van der Waals surface area contributed by atoms with Crippen molar-refractivity contribution in [3.8, 4) is 5.75 Å². The lowest BCUT2D eigenvalue weighted by Crippen LogP contribution is -2.20. The van der Waals surface area contributed by atoms with E-state index in [0.29, 0.717) is 11.4 Å². The molecule has 1 aromatic carbocycles. The van der Waals surface area contributed by atoms with Crippen LogP contribution in [0.1, 0.15) is 10.5 Å². The number of rotatable bonds is 3. The molecule has 2 aromatic heterocycles. The molecule has 22 heavy (non-hydrogen) atoms. The number of hydrogen-bond acceptors (Lipinski definition) is 6. The molecular weight excluding hydrogens is 288 g/mol. The summed E-state index contributed by atoms with van der Waals surface area (Å²) >= 11 is 0. The third kappa shape index (κ3) is 2.20. The number of nitrogens with zero attached hydrogens (tertiary/aromatic N) is 3. The molecular formula is C14H12N4O4. The van der Waals surface area contributed by atoms with Crippen LogP contribution < -0.4 is 15.6 Å². The molecule has 0 aliphatic carbocycles. The second kappa shape index (κ2) is 5.32. The molecule has 112 valence electrons. The van der Waals surface area contributed by atoms with Crippen LogP contribution in [-0.2, 0) is 7.05 Å². The van der Waals surface area contributed by atoms with Gasteiger partial charge in [0.25, 0.3) is 17.2 Å². The van der Waals surface area contributed by atoms with Gasteiger partial charge in [0, 0.05) is 7.05 Å². The Morgan fingerprint density at radius 1 is 1.36 bits per heavy atom. The summed E-state index contributed by atoms with van der Waals surface area (Å²) in [5.74, 6) is -0.0805. The van der Waals surface area contributed by atoms with E-state index in [9.17, 15) is 9.59 Å². The molecule has 3 rings (SSSR count). The maximum atomic E-state index is 12.4. The summed E-state index contributed by atoms with van der Waals surface area (Å²) in [6, 6.07) is 6.91. The van der Waals surface area contributed by atoms with Gasteiger partial charge in [-0.25, -0.2) is 4.98 Å². The molecule has 1 amide bonds. The summed E-state index contributed by atoms with van der Waals surface area (Å²) in [5.41, 5.74) is -0.0360. The zero-order chi connectivity index (χ0) is 15.7. The van der Waals surface area contributed by atoms with Crippen molar-refractivity contribution in [3.05, 3.63) is 46.6 Å². The van der Waals surface area contributed by atoms with Crippen molar-refractivity contribution in [2.75, 3.05) is 12.4 Å². The van der Waals surface area contributed by atoms with Crippen molar-refractivity contribution in [3.63, 3.8) is 0 Å². The lowest BCUT2D eigenvalue weighted by atomic mass is 10.2. The summed E-state index contributed by atoms with van der Waals surface area (Å²) < 4.78 is 11.3. The van der Waals surface area contributed by atoms with E-state index >= 15 is 0 Å². The highest BCUT2D eigenvalue weighted by Gasteiger charge is 2.21. The quantitative estimate of drug-likeness (QED) is 0.779. The Morgan fingerprint density at radius 3 is 2.91 bits per heavy atom. The Morgan fingerprint density at radius 2 is 2.14 bits per heavy atom. The van der Waals surface area contributed by atoms with Crippen molar-refractivity contribution in [2.24, 2.45) is 7.05 Å². The number of benzene rings is 1. The van der Waals surface area contributed by atoms with Gasteiger partial charge >= 0.3 is 0 Å². The van der Waals surface area contributed by atoms with Gasteiger partial charge in [-0.15, -0.1) is 0 Å². The van der Waals surface area contributed by atoms with Crippen LogP contribution >= 0.6 is 0 Å². The van der Waals surface area contributed by atoms with E-state index in [2.05, 4.69) is 15.5 Å². The van der Waals surface area contributed by atoms with Crippen LogP contribution in [0.5, 0.6) is 5.75 Å². The number of fused-ring (bicyclic) bond motifs is 1. The summed E-state index contributed by atoms with van der Waals surface area (Å²) in [7, 11) is 3.03. The minimum Gasteiger partial charge on any atom is -0.495 e. The number of amides is 1. The number of carbonyl (C=O) groups excluding carboxylic acids is 1. The van der Waals surface area contributed by atoms with Crippen molar-refractivity contribution >= 4 is 22.7 Å². The number of para-hydroxylation sites is 2. The Bertz CT molecular complexity index is 913. The number of hydrogen-bond donors (Lipinski definition) is 1. The standard InChI is InChI=1S/C14H12N4O4/c1-18-7-15-13-10(14(18)20)11(17-22-13)12(19)16-8-5-3-4-6-9(8)21-2/h3-7H,1-2H3,(H,16,19). The number of aromatic nitrogens is 3. The van der Waals surface area contributed by atoms with E-state index < -0.39 is 11.5 Å². The van der Waals surface area contributed by atoms with Crippen molar-refractivity contribution in [2.45, 2.75) is 0 Å². The first-order chi connectivity index (χ1) is 10.6. The number of aryl methyl sites for hydroxylation is 1. The van der Waals surface area contributed by atoms with Crippen LogP contribution in [0.4, 0.5) is 5.69 Å². The lowest BCUT2D eigenvalue weighted by Gasteiger charge is -2.08. The molecule has 3 aromatic rings. The topological polar surface area (TPSA) is 99.2 Å². The molecule has 0 bridgehead atoms. The van der Waals surface area contributed by atoms with E-state index in [0.717, 1.165) is 0 Å². The summed E-state index contributed by atoms with van der Waals surface area (Å²) in [5, 5.41) is 6.32. The molecule has 8 heteroatoms. The average molecular weight is 300 g/mol. The fraction of sp³-hybridized carbons (Fsp3) is 0.143. The van der Waals surface area contributed by atoms with Gasteiger partial charge in [-0.2, -0.15) is 0 Å². The lowest BCUT2D eigenvalue weighted by molar-refractivity contribution is 0.101. The summed E-state index contributed by atoms with van der Waals surface area (Å²) in [4.78, 5) is 28.4. The van der Waals surface area contributed by atoms with Crippen LogP contribution in [0.15, 0.2) is 39.9 Å². The van der Waals surface area contributed by atoms with E-state index in [1.807, 2.05) is 0 Å². The number of anilines is 1. The maximum Gasteiger partial charge on any atom is 0.278 e. The molecule has 0 saturated carbocycles. The highest BCUT2D eigenvalue weighted by atomic mass is 16.5. The zero-order valence-electron chi connectivity index (χ0n) is 11.9. The number of ether oxygens (including phenoxy) is 1. The van der Waals surface area contributed by atoms with Crippen LogP contribution in [0, 0.1) is 0 Å². The molecule has 0 unspecified atom stereocenters. The van der Waals surface area contributed by atoms with Gasteiger partial charge in [0.1, 0.15) is 17.5 Å². The van der Waals surface area contributed by atoms with Gasteiger partial charge < -0.3 is 19.1 Å². The van der Waals surface area contributed by atoms with Crippen molar-refractivity contribution in [1.82, 2.24) is 14.7 Å². The van der Waals surface area contributed by atoms with E-state index in [4.69, 9.17) is 9.26 Å². The Labute approximate surface area is 124 Å². The third-order valence-electron chi connectivity index (χ3n) is 3.13. The molecule has 0 saturated heterocycles. The average Bonchev–Trinajstić information content (AvgIpc) is 2.96. The predicted molar refractivity (Wildman–Crippen MR) is 78.0 cm³/mol. The molecule has 2 heterocycles. The molecule has 8 nitrogen and oxygen atoms in total. The van der Waals surface area contributed by atoms with Crippen LogP contribution in [0.3, 0.4) is 0 Å². The van der Waals surface area contributed by atoms with Crippen LogP contribution in [-0.4, -0.2) is 27.7 Å². The van der Waals surface area contributed by atoms with Crippen molar-refractivity contribution < 1.29 is 14.1 Å². The normalized spacial score (nSPS) is 10.6. The van der Waals surface area contributed by atoms with Gasteiger partial charge in [0.15, 0.2) is 5.69 Å². The fourth-order valence-corrected chi connectivity index (χ4v) is 2.01. The van der Waals surface area contributed by atoms with Crippen LogP contribution in [0.25, 0.3) is 11.1 Å². The Hall–Kier alpha value is -3.16. The zero-order valence-corrected chi connectivity index (χ0v) is 11.9. The van der Waals surface area contributed by atoms with Gasteiger partial charge in [0.05, 0.1) is 12.8 Å². The number of nitrogens with one attached hydrogen (secondary N) is 1. The summed E-state index contributed by atoms with van der Waals surface area (Å²) in [6.45, 7) is 0. The SMILES string of the molecule is COc1ccccc1NC(=O)c1noc2ncn(C)c(=O)c12. The minimum atomic E-state index is -0.576. The monoisotopic (exact) mass is 300 g/mol. The smallest absolute Gasteiger partial charge is 0.278 e. The molecule has 0 aliphatic rings. The third-order valence-corrected chi connectivity index (χ3v) is 3.13. The molecule has 0 aliphatic heterocycles.